The van der Waals surface area contributed by atoms with Gasteiger partial charge in [-0.3, -0.25) is 9.69 Å². The summed E-state index contributed by atoms with van der Waals surface area (Å²) in [4.78, 5) is 50.4. The minimum absolute atomic E-state index is 0.192. The van der Waals surface area contributed by atoms with Crippen molar-refractivity contribution in [1.29, 1.82) is 0 Å². The minimum Gasteiger partial charge on any atom is -0.465 e. The molecule has 4 rings (SSSR count). The standard InChI is InChI=1S/C22H20N2O6/c1-29-19(26)15-8-10-16(11-9-15)30-18(25)13-24-20(27)22(23-21(24)28)12-4-6-14-5-2-3-7-17(14)22/h2-3,5,7-11H,4,6,12-13H2,1H3,(H,23,28)/t22-/m0/s1. The monoisotopic (exact) mass is 408 g/mol. The van der Waals surface area contributed by atoms with Gasteiger partial charge in [0.1, 0.15) is 17.8 Å². The number of imide groups is 1. The number of aryl methyl sites for hydroxylation is 1. The van der Waals surface area contributed by atoms with E-state index < -0.39 is 36.0 Å². The topological polar surface area (TPSA) is 102 Å². The van der Waals surface area contributed by atoms with Gasteiger partial charge in [0.2, 0.25) is 0 Å². The highest BCUT2D eigenvalue weighted by molar-refractivity contribution is 6.09. The minimum atomic E-state index is -1.13. The Morgan fingerprint density at radius 3 is 2.57 bits per heavy atom. The maximum Gasteiger partial charge on any atom is 0.337 e. The number of benzene rings is 2. The van der Waals surface area contributed by atoms with Crippen LogP contribution < -0.4 is 10.1 Å². The van der Waals surface area contributed by atoms with Crippen molar-refractivity contribution in [3.05, 3.63) is 65.2 Å². The van der Waals surface area contributed by atoms with Crippen LogP contribution in [0.15, 0.2) is 48.5 Å². The molecule has 154 valence electrons. The summed E-state index contributed by atoms with van der Waals surface area (Å²) < 4.78 is 9.84. The lowest BCUT2D eigenvalue weighted by Gasteiger charge is -2.33. The molecule has 1 N–H and O–H groups in total. The van der Waals surface area contributed by atoms with Crippen molar-refractivity contribution in [2.75, 3.05) is 13.7 Å². The van der Waals surface area contributed by atoms with E-state index in [4.69, 9.17) is 4.74 Å². The Bertz CT molecular complexity index is 1030. The lowest BCUT2D eigenvalue weighted by atomic mass is 9.76. The number of nitrogens with zero attached hydrogens (tertiary/aromatic N) is 1. The Morgan fingerprint density at radius 2 is 1.83 bits per heavy atom. The fourth-order valence-electron chi connectivity index (χ4n) is 4.02. The number of methoxy groups -OCH3 is 1. The van der Waals surface area contributed by atoms with Crippen LogP contribution in [0.4, 0.5) is 4.79 Å². The smallest absolute Gasteiger partial charge is 0.337 e. The highest BCUT2D eigenvalue weighted by atomic mass is 16.5. The molecule has 8 nitrogen and oxygen atoms in total. The molecule has 0 unspecified atom stereocenters. The van der Waals surface area contributed by atoms with E-state index in [9.17, 15) is 19.2 Å². The van der Waals surface area contributed by atoms with Gasteiger partial charge in [-0.25, -0.2) is 14.4 Å². The fourth-order valence-corrected chi connectivity index (χ4v) is 4.02. The molecular weight excluding hydrogens is 388 g/mol. The molecule has 1 heterocycles. The van der Waals surface area contributed by atoms with E-state index in [1.165, 1.54) is 31.4 Å². The molecule has 2 aliphatic rings. The van der Waals surface area contributed by atoms with E-state index >= 15 is 0 Å². The van der Waals surface area contributed by atoms with Gasteiger partial charge in [-0.15, -0.1) is 0 Å². The first-order valence-corrected chi connectivity index (χ1v) is 9.56. The van der Waals surface area contributed by atoms with Crippen molar-refractivity contribution >= 4 is 23.9 Å². The Balaban J connectivity index is 1.48. The first-order valence-electron chi connectivity index (χ1n) is 9.56. The molecule has 0 bridgehead atoms. The Morgan fingerprint density at radius 1 is 1.10 bits per heavy atom. The van der Waals surface area contributed by atoms with Crippen LogP contribution in [0.3, 0.4) is 0 Å². The van der Waals surface area contributed by atoms with Crippen molar-refractivity contribution in [1.82, 2.24) is 10.2 Å². The van der Waals surface area contributed by atoms with Gasteiger partial charge in [0, 0.05) is 0 Å². The van der Waals surface area contributed by atoms with Gasteiger partial charge in [-0.2, -0.15) is 0 Å². The molecule has 1 aliphatic heterocycles. The first-order chi connectivity index (χ1) is 14.4. The zero-order chi connectivity index (χ0) is 21.3. The maximum absolute atomic E-state index is 13.2. The average molecular weight is 408 g/mol. The van der Waals surface area contributed by atoms with Gasteiger partial charge in [0.25, 0.3) is 5.91 Å². The number of hydrogen-bond acceptors (Lipinski definition) is 6. The van der Waals surface area contributed by atoms with Crippen LogP contribution in [-0.2, 0) is 26.3 Å². The van der Waals surface area contributed by atoms with Crippen LogP contribution in [-0.4, -0.2) is 42.4 Å². The van der Waals surface area contributed by atoms with Crippen LogP contribution in [0.25, 0.3) is 0 Å². The summed E-state index contributed by atoms with van der Waals surface area (Å²) >= 11 is 0. The fraction of sp³-hybridized carbons (Fsp3) is 0.273. The van der Waals surface area contributed by atoms with Gasteiger partial charge in [-0.05, 0) is 54.7 Å². The molecule has 1 fully saturated rings. The third-order valence-electron chi connectivity index (χ3n) is 5.45. The summed E-state index contributed by atoms with van der Waals surface area (Å²) in [5, 5.41) is 2.80. The number of carbonyl (C=O) groups excluding carboxylic acids is 4. The van der Waals surface area contributed by atoms with Crippen LogP contribution in [0.5, 0.6) is 5.75 Å². The van der Waals surface area contributed by atoms with Crippen molar-refractivity contribution in [3.8, 4) is 5.75 Å². The van der Waals surface area contributed by atoms with E-state index in [2.05, 4.69) is 10.1 Å². The summed E-state index contributed by atoms with van der Waals surface area (Å²) in [5.41, 5.74) is 0.981. The van der Waals surface area contributed by atoms with Crippen molar-refractivity contribution in [3.63, 3.8) is 0 Å². The van der Waals surface area contributed by atoms with Gasteiger partial charge in [-0.1, -0.05) is 24.3 Å². The molecule has 2 aromatic rings. The highest BCUT2D eigenvalue weighted by Gasteiger charge is 2.54. The Kier molecular flexibility index (Phi) is 4.99. The second kappa shape index (κ2) is 7.62. The second-order valence-electron chi connectivity index (χ2n) is 7.23. The van der Waals surface area contributed by atoms with E-state index in [0.717, 1.165) is 28.9 Å². The average Bonchev–Trinajstić information content (AvgIpc) is 2.98. The van der Waals surface area contributed by atoms with E-state index in [1.807, 2.05) is 24.3 Å². The molecular formula is C22H20N2O6. The maximum atomic E-state index is 13.2. The molecule has 1 saturated heterocycles. The third-order valence-corrected chi connectivity index (χ3v) is 5.45. The molecule has 30 heavy (non-hydrogen) atoms. The zero-order valence-electron chi connectivity index (χ0n) is 16.3. The number of urea groups is 1. The number of amides is 3. The number of rotatable bonds is 4. The van der Waals surface area contributed by atoms with Crippen LogP contribution in [0, 0.1) is 0 Å². The lowest BCUT2D eigenvalue weighted by molar-refractivity contribution is -0.141. The molecule has 8 heteroatoms. The summed E-state index contributed by atoms with van der Waals surface area (Å²) in [7, 11) is 1.27. The number of carbonyl (C=O) groups is 4. The van der Waals surface area contributed by atoms with Crippen molar-refractivity contribution in [2.45, 2.75) is 24.8 Å². The number of ether oxygens (including phenoxy) is 2. The predicted octanol–water partition coefficient (Wildman–Crippen LogP) is 2.16. The summed E-state index contributed by atoms with van der Waals surface area (Å²) in [6.07, 6.45) is 2.08. The first kappa shape index (κ1) is 19.6. The van der Waals surface area contributed by atoms with Gasteiger partial charge >= 0.3 is 18.0 Å². The number of nitrogens with one attached hydrogen (secondary N) is 1. The predicted molar refractivity (Wildman–Crippen MR) is 105 cm³/mol. The van der Waals surface area contributed by atoms with E-state index in [0.29, 0.717) is 12.0 Å². The second-order valence-corrected chi connectivity index (χ2v) is 7.23. The van der Waals surface area contributed by atoms with Crippen LogP contribution >= 0.6 is 0 Å². The van der Waals surface area contributed by atoms with Gasteiger partial charge in [0.15, 0.2) is 0 Å². The SMILES string of the molecule is COC(=O)c1ccc(OC(=O)CN2C(=O)N[C@]3(CCCc4ccccc43)C2=O)cc1. The van der Waals surface area contributed by atoms with Gasteiger partial charge < -0.3 is 14.8 Å². The highest BCUT2D eigenvalue weighted by Crippen LogP contribution is 2.39. The number of hydrogen-bond donors (Lipinski definition) is 1. The molecule has 1 spiro atoms. The molecule has 0 saturated carbocycles. The number of esters is 2. The molecule has 3 amide bonds. The number of fused-ring (bicyclic) bond motifs is 2. The van der Waals surface area contributed by atoms with E-state index in [1.54, 1.807) is 0 Å². The molecule has 1 aliphatic carbocycles. The molecule has 0 aromatic heterocycles. The summed E-state index contributed by atoms with van der Waals surface area (Å²) in [5.74, 6) is -1.52. The van der Waals surface area contributed by atoms with E-state index in [-0.39, 0.29) is 5.75 Å². The summed E-state index contributed by atoms with van der Waals surface area (Å²) in [6, 6.07) is 12.7. The molecule has 1 atom stereocenters. The van der Waals surface area contributed by atoms with Crippen molar-refractivity contribution < 1.29 is 28.7 Å². The Hall–Kier alpha value is -3.68. The van der Waals surface area contributed by atoms with Crippen LogP contribution in [0.1, 0.15) is 34.3 Å². The van der Waals surface area contributed by atoms with Gasteiger partial charge in [0.05, 0.1) is 12.7 Å². The van der Waals surface area contributed by atoms with Crippen LogP contribution in [0.2, 0.25) is 0 Å². The molecule has 0 radical (unpaired) electrons. The quantitative estimate of drug-likeness (QED) is 0.473. The lowest BCUT2D eigenvalue weighted by Crippen LogP contribution is -2.47. The normalized spacial score (nSPS) is 20.0. The third kappa shape index (κ3) is 3.30. The Labute approximate surface area is 172 Å². The molecule has 2 aromatic carbocycles. The zero-order valence-corrected chi connectivity index (χ0v) is 16.3. The van der Waals surface area contributed by atoms with Crippen molar-refractivity contribution in [2.24, 2.45) is 0 Å². The largest absolute Gasteiger partial charge is 0.465 e. The summed E-state index contributed by atoms with van der Waals surface area (Å²) in [6.45, 7) is -0.507.